The molecule has 1 unspecified atom stereocenters. The zero-order valence-electron chi connectivity index (χ0n) is 4.50. The lowest BCUT2D eigenvalue weighted by Crippen LogP contribution is -1.95. The third kappa shape index (κ3) is 1.03. The molecule has 0 fully saturated rings. The summed E-state index contributed by atoms with van der Waals surface area (Å²) < 4.78 is 0. The van der Waals surface area contributed by atoms with E-state index in [9.17, 15) is 0 Å². The second kappa shape index (κ2) is 2.51. The summed E-state index contributed by atoms with van der Waals surface area (Å²) in [6.45, 7) is 0. The quantitative estimate of drug-likeness (QED) is 0.430. The molecule has 0 radical (unpaired) electrons. The van der Waals surface area contributed by atoms with Gasteiger partial charge in [0, 0.05) is 0 Å². The Bertz CT molecular complexity index is 143. The van der Waals surface area contributed by atoms with Gasteiger partial charge in [-0.15, -0.1) is 16.7 Å². The molecule has 0 saturated heterocycles. The Hall–Kier alpha value is -0.0200. The Morgan fingerprint density at radius 3 is 2.88 bits per heavy atom. The highest BCUT2D eigenvalue weighted by molar-refractivity contribution is 8.40. The van der Waals surface area contributed by atoms with Crippen molar-refractivity contribution in [1.29, 1.82) is 0 Å². The van der Waals surface area contributed by atoms with Crippen molar-refractivity contribution in [3.63, 3.8) is 0 Å². The average molecular weight is 151 g/mol. The van der Waals surface area contributed by atoms with Crippen LogP contribution in [0, 0.1) is 0 Å². The van der Waals surface area contributed by atoms with Crippen LogP contribution in [0.2, 0.25) is 0 Å². The maximum atomic E-state index is 5.51. The van der Waals surface area contributed by atoms with Crippen molar-refractivity contribution >= 4 is 33.1 Å². The molecule has 4 heteroatoms. The minimum atomic E-state index is -0.202. The van der Waals surface area contributed by atoms with Crippen molar-refractivity contribution < 1.29 is 0 Å². The second-order valence-corrected chi connectivity index (χ2v) is 3.73. The number of thiol groups is 1. The van der Waals surface area contributed by atoms with Crippen molar-refractivity contribution in [2.24, 2.45) is 10.2 Å². The molecular formula is C4H7ClN2S. The summed E-state index contributed by atoms with van der Waals surface area (Å²) in [5.41, 5.74) is 1.85. The fourth-order valence-electron chi connectivity index (χ4n) is 0.428. The maximum Gasteiger partial charge on any atom is 0.0957 e. The molecule has 0 aromatic heterocycles. The van der Waals surface area contributed by atoms with Crippen LogP contribution in [0.4, 0.5) is 0 Å². The highest BCUT2D eigenvalue weighted by Crippen LogP contribution is 2.23. The lowest BCUT2D eigenvalue weighted by molar-refractivity contribution is 1.28. The average Bonchev–Trinajstić information content (AvgIpc) is 2.14. The van der Waals surface area contributed by atoms with Crippen LogP contribution in [0.5, 0.6) is 0 Å². The summed E-state index contributed by atoms with van der Waals surface area (Å²) in [5, 5.41) is 8.57. The summed E-state index contributed by atoms with van der Waals surface area (Å²) in [4.78, 5) is 0. The molecule has 1 aliphatic rings. The van der Waals surface area contributed by atoms with E-state index in [1.54, 1.807) is 0 Å². The number of hydrogen-bond donors (Lipinski definition) is 1. The molecule has 1 heterocycles. The maximum absolute atomic E-state index is 5.51. The molecule has 0 aliphatic carbocycles. The minimum Gasteiger partial charge on any atom is -0.175 e. The van der Waals surface area contributed by atoms with Gasteiger partial charge in [0.1, 0.15) is 0 Å². The molecule has 0 spiro atoms. The Morgan fingerprint density at radius 1 is 1.88 bits per heavy atom. The monoisotopic (exact) mass is 150 g/mol. The van der Waals surface area contributed by atoms with Crippen LogP contribution < -0.4 is 0 Å². The SMILES string of the molecule is C[SH]1C=NN=C1CCl. The van der Waals surface area contributed by atoms with Gasteiger partial charge in [0.05, 0.1) is 16.5 Å². The summed E-state index contributed by atoms with van der Waals surface area (Å²) in [5.74, 6) is 0.530. The summed E-state index contributed by atoms with van der Waals surface area (Å²) >= 11 is 5.51. The van der Waals surface area contributed by atoms with Gasteiger partial charge in [-0.05, 0) is 6.26 Å². The van der Waals surface area contributed by atoms with Crippen molar-refractivity contribution in [3.8, 4) is 0 Å². The first kappa shape index (κ1) is 6.11. The lowest BCUT2D eigenvalue weighted by Gasteiger charge is -2.00. The summed E-state index contributed by atoms with van der Waals surface area (Å²) in [6.07, 6.45) is 2.09. The van der Waals surface area contributed by atoms with Crippen LogP contribution in [-0.2, 0) is 0 Å². The van der Waals surface area contributed by atoms with Crippen LogP contribution in [0.1, 0.15) is 0 Å². The lowest BCUT2D eigenvalue weighted by atomic mass is 10.9. The summed E-state index contributed by atoms with van der Waals surface area (Å²) in [7, 11) is -0.202. The predicted octanol–water partition coefficient (Wildman–Crippen LogP) is 1.21. The first-order valence-electron chi connectivity index (χ1n) is 2.23. The molecular weight excluding hydrogens is 144 g/mol. The fourth-order valence-corrected chi connectivity index (χ4v) is 1.77. The fraction of sp³-hybridized carbons (Fsp3) is 0.500. The Kier molecular flexibility index (Phi) is 1.91. The van der Waals surface area contributed by atoms with Gasteiger partial charge in [0.2, 0.25) is 0 Å². The van der Waals surface area contributed by atoms with Gasteiger partial charge in [-0.3, -0.25) is 0 Å². The molecule has 1 atom stereocenters. The van der Waals surface area contributed by atoms with Crippen LogP contribution in [0.3, 0.4) is 0 Å². The molecule has 1 rings (SSSR count). The molecule has 8 heavy (non-hydrogen) atoms. The number of alkyl halides is 1. The Labute approximate surface area is 56.0 Å². The molecule has 0 amide bonds. The van der Waals surface area contributed by atoms with E-state index in [-0.39, 0.29) is 10.9 Å². The largest absolute Gasteiger partial charge is 0.175 e. The third-order valence-corrected chi connectivity index (χ3v) is 2.88. The minimum absolute atomic E-state index is 0.202. The van der Waals surface area contributed by atoms with Crippen molar-refractivity contribution in [3.05, 3.63) is 0 Å². The first-order chi connectivity index (χ1) is 3.84. The molecule has 1 aliphatic heterocycles. The Morgan fingerprint density at radius 2 is 2.62 bits per heavy atom. The van der Waals surface area contributed by atoms with Crippen molar-refractivity contribution in [1.82, 2.24) is 0 Å². The van der Waals surface area contributed by atoms with E-state index in [1.807, 2.05) is 5.55 Å². The predicted molar refractivity (Wildman–Crippen MR) is 41.6 cm³/mol. The highest BCUT2D eigenvalue weighted by Gasteiger charge is 2.06. The molecule has 2 nitrogen and oxygen atoms in total. The van der Waals surface area contributed by atoms with Crippen molar-refractivity contribution in [2.75, 3.05) is 12.1 Å². The number of nitrogens with zero attached hydrogens (tertiary/aromatic N) is 2. The Balaban J connectivity index is 2.59. The van der Waals surface area contributed by atoms with Crippen LogP contribution in [0.25, 0.3) is 0 Å². The van der Waals surface area contributed by atoms with E-state index < -0.39 is 0 Å². The summed E-state index contributed by atoms with van der Waals surface area (Å²) in [6, 6.07) is 0. The van der Waals surface area contributed by atoms with E-state index in [2.05, 4.69) is 16.5 Å². The molecule has 0 saturated carbocycles. The smallest absolute Gasteiger partial charge is 0.0957 e. The standard InChI is InChI=1S/C4H7ClN2S/c1-8-3-6-7-4(8)2-5/h3,8H,2H2,1H3. The number of hydrogen-bond acceptors (Lipinski definition) is 2. The van der Waals surface area contributed by atoms with Gasteiger partial charge in [-0.25, -0.2) is 0 Å². The first-order valence-corrected chi connectivity index (χ1v) is 4.62. The molecule has 0 bridgehead atoms. The van der Waals surface area contributed by atoms with Gasteiger partial charge in [0.25, 0.3) is 0 Å². The van der Waals surface area contributed by atoms with E-state index in [0.29, 0.717) is 5.88 Å². The van der Waals surface area contributed by atoms with E-state index >= 15 is 0 Å². The highest BCUT2D eigenvalue weighted by atomic mass is 35.5. The molecule has 46 valence electrons. The van der Waals surface area contributed by atoms with Crippen molar-refractivity contribution in [2.45, 2.75) is 0 Å². The second-order valence-electron chi connectivity index (χ2n) is 1.49. The van der Waals surface area contributed by atoms with Gasteiger partial charge < -0.3 is 0 Å². The van der Waals surface area contributed by atoms with E-state index in [0.717, 1.165) is 5.04 Å². The van der Waals surface area contributed by atoms with Crippen LogP contribution in [0.15, 0.2) is 10.2 Å². The van der Waals surface area contributed by atoms with Crippen LogP contribution >= 0.6 is 22.5 Å². The third-order valence-electron chi connectivity index (χ3n) is 0.925. The van der Waals surface area contributed by atoms with Gasteiger partial charge in [0.15, 0.2) is 0 Å². The number of rotatable bonds is 1. The number of halogens is 1. The zero-order valence-corrected chi connectivity index (χ0v) is 6.15. The molecule has 0 aromatic rings. The van der Waals surface area contributed by atoms with E-state index in [4.69, 9.17) is 11.6 Å². The normalized spacial score (nSPS) is 30.8. The van der Waals surface area contributed by atoms with Gasteiger partial charge in [-0.2, -0.15) is 16.0 Å². The van der Waals surface area contributed by atoms with E-state index in [1.165, 1.54) is 0 Å². The van der Waals surface area contributed by atoms with Crippen LogP contribution in [-0.4, -0.2) is 22.7 Å². The topological polar surface area (TPSA) is 24.7 Å². The van der Waals surface area contributed by atoms with Gasteiger partial charge in [-0.1, -0.05) is 0 Å². The zero-order chi connectivity index (χ0) is 5.98. The molecule has 0 aromatic carbocycles. The molecule has 0 N–H and O–H groups in total. The van der Waals surface area contributed by atoms with Gasteiger partial charge >= 0.3 is 0 Å².